The van der Waals surface area contributed by atoms with Crippen molar-refractivity contribution in [2.24, 2.45) is 0 Å². The van der Waals surface area contributed by atoms with Crippen molar-refractivity contribution >= 4 is 44.9 Å². The van der Waals surface area contributed by atoms with Crippen LogP contribution >= 0.6 is 11.6 Å². The molecule has 12 heteroatoms. The van der Waals surface area contributed by atoms with Gasteiger partial charge in [-0.3, -0.25) is 14.9 Å². The first kappa shape index (κ1) is 22.3. The summed E-state index contributed by atoms with van der Waals surface area (Å²) in [6.07, 6.45) is -1.29. The first-order chi connectivity index (χ1) is 13.5. The number of rotatable bonds is 7. The standard InChI is InChI=1S/C17H16ClN3O7S/c1-10(16(22)20-15-9-12(21(24)25)6-7-14(15)18)28-17(23)11-4-3-5-13(8-11)29(26,27)19-2/h3-10,19H,1-2H3,(H,20,22)/t10-/m0/s1. The highest BCUT2D eigenvalue weighted by Crippen LogP contribution is 2.27. The summed E-state index contributed by atoms with van der Waals surface area (Å²) in [6, 6.07) is 8.58. The Balaban J connectivity index is 2.12. The van der Waals surface area contributed by atoms with E-state index in [0.29, 0.717) is 0 Å². The maximum Gasteiger partial charge on any atom is 0.338 e. The number of anilines is 1. The number of nitro benzene ring substituents is 1. The minimum Gasteiger partial charge on any atom is -0.449 e. The van der Waals surface area contributed by atoms with Crippen LogP contribution < -0.4 is 10.0 Å². The lowest BCUT2D eigenvalue weighted by molar-refractivity contribution is -0.384. The van der Waals surface area contributed by atoms with Crippen molar-refractivity contribution in [3.63, 3.8) is 0 Å². The van der Waals surface area contributed by atoms with E-state index in [0.717, 1.165) is 12.1 Å². The minimum atomic E-state index is -3.76. The number of amides is 1. The molecule has 0 aliphatic heterocycles. The summed E-state index contributed by atoms with van der Waals surface area (Å²) in [5, 5.41) is 13.3. The number of benzene rings is 2. The second kappa shape index (κ2) is 8.99. The molecule has 154 valence electrons. The van der Waals surface area contributed by atoms with Gasteiger partial charge in [0.05, 0.1) is 26.1 Å². The third-order valence-electron chi connectivity index (χ3n) is 3.72. The Morgan fingerprint density at radius 1 is 1.21 bits per heavy atom. The van der Waals surface area contributed by atoms with Crippen molar-refractivity contribution in [3.8, 4) is 0 Å². The van der Waals surface area contributed by atoms with Gasteiger partial charge in [0, 0.05) is 12.1 Å². The molecule has 0 saturated carbocycles. The molecule has 10 nitrogen and oxygen atoms in total. The van der Waals surface area contributed by atoms with Crippen LogP contribution in [0.4, 0.5) is 11.4 Å². The predicted molar refractivity (Wildman–Crippen MR) is 104 cm³/mol. The molecule has 0 saturated heterocycles. The molecular weight excluding hydrogens is 426 g/mol. The van der Waals surface area contributed by atoms with Gasteiger partial charge in [-0.05, 0) is 38.2 Å². The summed E-state index contributed by atoms with van der Waals surface area (Å²) >= 11 is 5.92. The van der Waals surface area contributed by atoms with Gasteiger partial charge in [0.1, 0.15) is 0 Å². The zero-order chi connectivity index (χ0) is 21.8. The molecule has 0 bridgehead atoms. The molecule has 2 rings (SSSR count). The molecule has 0 fully saturated rings. The van der Waals surface area contributed by atoms with Crippen LogP contribution in [0.25, 0.3) is 0 Å². The van der Waals surface area contributed by atoms with Gasteiger partial charge < -0.3 is 10.1 Å². The van der Waals surface area contributed by atoms with Gasteiger partial charge in [-0.25, -0.2) is 17.9 Å². The predicted octanol–water partition coefficient (Wildman–Crippen LogP) is 2.34. The smallest absolute Gasteiger partial charge is 0.338 e. The van der Waals surface area contributed by atoms with Gasteiger partial charge in [-0.2, -0.15) is 0 Å². The molecule has 1 amide bonds. The van der Waals surface area contributed by atoms with Crippen molar-refractivity contribution < 1.29 is 27.7 Å². The van der Waals surface area contributed by atoms with E-state index in [1.807, 2.05) is 0 Å². The Morgan fingerprint density at radius 2 is 1.90 bits per heavy atom. The zero-order valence-electron chi connectivity index (χ0n) is 15.2. The van der Waals surface area contributed by atoms with Crippen molar-refractivity contribution in [2.75, 3.05) is 12.4 Å². The van der Waals surface area contributed by atoms with Gasteiger partial charge in [-0.15, -0.1) is 0 Å². The number of nitrogens with one attached hydrogen (secondary N) is 2. The Morgan fingerprint density at radius 3 is 2.52 bits per heavy atom. The van der Waals surface area contributed by atoms with Crippen molar-refractivity contribution in [1.29, 1.82) is 0 Å². The molecule has 0 aliphatic rings. The normalized spacial score (nSPS) is 12.1. The maximum atomic E-state index is 12.3. The van der Waals surface area contributed by atoms with Crippen molar-refractivity contribution in [3.05, 3.63) is 63.2 Å². The number of halogens is 1. The lowest BCUT2D eigenvalue weighted by Crippen LogP contribution is -2.30. The number of carbonyl (C=O) groups is 2. The van der Waals surface area contributed by atoms with E-state index in [9.17, 15) is 28.1 Å². The number of ether oxygens (including phenoxy) is 1. The Bertz CT molecular complexity index is 1070. The van der Waals surface area contributed by atoms with Gasteiger partial charge in [0.25, 0.3) is 11.6 Å². The SMILES string of the molecule is CNS(=O)(=O)c1cccc(C(=O)O[C@@H](C)C(=O)Nc2cc([N+](=O)[O-])ccc2Cl)c1. The molecule has 2 aromatic carbocycles. The number of nitro groups is 1. The first-order valence-corrected chi connectivity index (χ1v) is 9.90. The number of sulfonamides is 1. The maximum absolute atomic E-state index is 12.3. The van der Waals surface area contributed by atoms with E-state index in [2.05, 4.69) is 10.0 Å². The average Bonchev–Trinajstić information content (AvgIpc) is 2.69. The summed E-state index contributed by atoms with van der Waals surface area (Å²) < 4.78 is 30.8. The van der Waals surface area contributed by atoms with Crippen LogP contribution in [0.15, 0.2) is 47.4 Å². The summed E-state index contributed by atoms with van der Waals surface area (Å²) in [4.78, 5) is 34.6. The first-order valence-electron chi connectivity index (χ1n) is 8.04. The van der Waals surface area contributed by atoms with E-state index in [1.165, 1.54) is 44.3 Å². The van der Waals surface area contributed by atoms with Crippen molar-refractivity contribution in [1.82, 2.24) is 4.72 Å². The lowest BCUT2D eigenvalue weighted by Gasteiger charge is -2.14. The fourth-order valence-electron chi connectivity index (χ4n) is 2.15. The molecular formula is C17H16ClN3O7S. The van der Waals surface area contributed by atoms with Crippen LogP contribution in [0, 0.1) is 10.1 Å². The fourth-order valence-corrected chi connectivity index (χ4v) is 3.09. The highest BCUT2D eigenvalue weighted by Gasteiger charge is 2.22. The van der Waals surface area contributed by atoms with E-state index in [-0.39, 0.29) is 26.9 Å². The Hall–Kier alpha value is -3.02. The second-order valence-electron chi connectivity index (χ2n) is 5.69. The van der Waals surface area contributed by atoms with Crippen LogP contribution in [0.1, 0.15) is 17.3 Å². The number of hydrogen-bond acceptors (Lipinski definition) is 7. The Labute approximate surface area is 171 Å². The topological polar surface area (TPSA) is 145 Å². The average molecular weight is 442 g/mol. The van der Waals surface area contributed by atoms with Crippen LogP contribution in [-0.2, 0) is 19.6 Å². The number of esters is 1. The summed E-state index contributed by atoms with van der Waals surface area (Å²) in [6.45, 7) is 1.28. The third kappa shape index (κ3) is 5.50. The molecule has 1 atom stereocenters. The summed E-state index contributed by atoms with van der Waals surface area (Å²) in [5.41, 5.74) is -0.373. The van der Waals surface area contributed by atoms with Gasteiger partial charge >= 0.3 is 5.97 Å². The number of non-ortho nitro benzene ring substituents is 1. The van der Waals surface area contributed by atoms with Crippen LogP contribution in [0.2, 0.25) is 5.02 Å². The minimum absolute atomic E-state index is 0.0177. The molecule has 2 N–H and O–H groups in total. The highest BCUT2D eigenvalue weighted by atomic mass is 35.5. The van der Waals surface area contributed by atoms with Crippen LogP contribution in [-0.4, -0.2) is 38.4 Å². The number of carbonyl (C=O) groups excluding carboxylic acids is 2. The van der Waals surface area contributed by atoms with E-state index in [1.54, 1.807) is 0 Å². The fraction of sp³-hybridized carbons (Fsp3) is 0.176. The van der Waals surface area contributed by atoms with E-state index < -0.39 is 32.9 Å². The summed E-state index contributed by atoms with van der Waals surface area (Å²) in [5.74, 6) is -1.70. The van der Waals surface area contributed by atoms with Gasteiger partial charge in [0.2, 0.25) is 10.0 Å². The second-order valence-corrected chi connectivity index (χ2v) is 7.99. The molecule has 29 heavy (non-hydrogen) atoms. The Kier molecular flexibility index (Phi) is 6.90. The highest BCUT2D eigenvalue weighted by molar-refractivity contribution is 7.89. The monoisotopic (exact) mass is 441 g/mol. The lowest BCUT2D eigenvalue weighted by atomic mass is 10.2. The van der Waals surface area contributed by atoms with E-state index >= 15 is 0 Å². The molecule has 0 aromatic heterocycles. The number of nitrogens with zero attached hydrogens (tertiary/aromatic N) is 1. The van der Waals surface area contributed by atoms with E-state index in [4.69, 9.17) is 16.3 Å². The number of hydrogen-bond donors (Lipinski definition) is 2. The quantitative estimate of drug-likeness (QED) is 0.381. The molecule has 0 radical (unpaired) electrons. The van der Waals surface area contributed by atoms with Gasteiger partial charge in [0.15, 0.2) is 6.10 Å². The van der Waals surface area contributed by atoms with Gasteiger partial charge in [-0.1, -0.05) is 17.7 Å². The molecule has 2 aromatic rings. The molecule has 0 heterocycles. The molecule has 0 aliphatic carbocycles. The third-order valence-corrected chi connectivity index (χ3v) is 5.46. The molecule has 0 unspecified atom stereocenters. The summed E-state index contributed by atoms with van der Waals surface area (Å²) in [7, 11) is -2.53. The largest absolute Gasteiger partial charge is 0.449 e. The zero-order valence-corrected chi connectivity index (χ0v) is 16.8. The van der Waals surface area contributed by atoms with Crippen molar-refractivity contribution in [2.45, 2.75) is 17.9 Å². The molecule has 0 spiro atoms. The van der Waals surface area contributed by atoms with Crippen LogP contribution in [0.5, 0.6) is 0 Å². The van der Waals surface area contributed by atoms with Crippen LogP contribution in [0.3, 0.4) is 0 Å².